The van der Waals surface area contributed by atoms with Crippen molar-refractivity contribution in [3.05, 3.63) is 34.9 Å². The third-order valence-corrected chi connectivity index (χ3v) is 4.15. The van der Waals surface area contributed by atoms with Crippen LogP contribution < -0.4 is 0 Å². The maximum atomic E-state index is 12.1. The van der Waals surface area contributed by atoms with Crippen LogP contribution >= 0.6 is 23.4 Å². The summed E-state index contributed by atoms with van der Waals surface area (Å²) in [6, 6.07) is 7.15. The van der Waals surface area contributed by atoms with E-state index in [1.165, 1.54) is 11.8 Å². The van der Waals surface area contributed by atoms with E-state index >= 15 is 0 Å². The molecule has 1 atom stereocenters. The lowest BCUT2D eigenvalue weighted by molar-refractivity contribution is -0.143. The topological polar surface area (TPSA) is 52.6 Å². The van der Waals surface area contributed by atoms with Crippen molar-refractivity contribution in [3.63, 3.8) is 0 Å². The van der Waals surface area contributed by atoms with Gasteiger partial charge in [0.2, 0.25) is 0 Å². The standard InChI is InChI=1S/C15H19ClO4S/c1-3-19-13(17)9-10-21-14(15(18)20-4-2)11-7-5-6-8-12(11)16/h5-8,14H,3-4,9-10H2,1-2H3/t14-/m1/s1. The van der Waals surface area contributed by atoms with Crippen molar-refractivity contribution < 1.29 is 19.1 Å². The van der Waals surface area contributed by atoms with Crippen LogP contribution in [0.3, 0.4) is 0 Å². The van der Waals surface area contributed by atoms with Gasteiger partial charge in [0, 0.05) is 10.8 Å². The van der Waals surface area contributed by atoms with Gasteiger partial charge in [-0.15, -0.1) is 11.8 Å². The van der Waals surface area contributed by atoms with E-state index in [1.807, 2.05) is 6.07 Å². The molecule has 0 aliphatic rings. The lowest BCUT2D eigenvalue weighted by atomic mass is 10.1. The molecule has 0 N–H and O–H groups in total. The molecule has 0 saturated heterocycles. The van der Waals surface area contributed by atoms with E-state index in [9.17, 15) is 9.59 Å². The van der Waals surface area contributed by atoms with E-state index in [4.69, 9.17) is 21.1 Å². The van der Waals surface area contributed by atoms with E-state index in [1.54, 1.807) is 32.0 Å². The van der Waals surface area contributed by atoms with E-state index in [0.29, 0.717) is 29.6 Å². The average molecular weight is 331 g/mol. The normalized spacial score (nSPS) is 11.8. The van der Waals surface area contributed by atoms with E-state index in [2.05, 4.69) is 0 Å². The molecule has 0 amide bonds. The molecule has 0 aliphatic carbocycles. The van der Waals surface area contributed by atoms with Gasteiger partial charge in [0.1, 0.15) is 5.25 Å². The zero-order valence-corrected chi connectivity index (χ0v) is 13.7. The van der Waals surface area contributed by atoms with Crippen molar-refractivity contribution in [2.45, 2.75) is 25.5 Å². The predicted molar refractivity (Wildman–Crippen MR) is 84.5 cm³/mol. The minimum absolute atomic E-state index is 0.249. The summed E-state index contributed by atoms with van der Waals surface area (Å²) in [6.45, 7) is 4.18. The Morgan fingerprint density at radius 2 is 1.86 bits per heavy atom. The van der Waals surface area contributed by atoms with Crippen LogP contribution in [0, 0.1) is 0 Å². The zero-order chi connectivity index (χ0) is 15.7. The molecule has 1 aromatic rings. The van der Waals surface area contributed by atoms with Gasteiger partial charge >= 0.3 is 11.9 Å². The van der Waals surface area contributed by atoms with Gasteiger partial charge in [-0.1, -0.05) is 29.8 Å². The fraction of sp³-hybridized carbons (Fsp3) is 0.467. The van der Waals surface area contributed by atoms with E-state index in [-0.39, 0.29) is 18.4 Å². The number of carbonyl (C=O) groups excluding carboxylic acids is 2. The maximum Gasteiger partial charge on any atom is 0.323 e. The van der Waals surface area contributed by atoms with Crippen LogP contribution in [0.4, 0.5) is 0 Å². The Hall–Kier alpha value is -1.20. The average Bonchev–Trinajstić information content (AvgIpc) is 2.45. The largest absolute Gasteiger partial charge is 0.466 e. The quantitative estimate of drug-likeness (QED) is 0.681. The van der Waals surface area contributed by atoms with Crippen molar-refractivity contribution >= 4 is 35.3 Å². The lowest BCUT2D eigenvalue weighted by Crippen LogP contribution is -2.15. The van der Waals surface area contributed by atoms with Crippen LogP contribution in [0.2, 0.25) is 5.02 Å². The van der Waals surface area contributed by atoms with Crippen molar-refractivity contribution in [1.82, 2.24) is 0 Å². The Bertz CT molecular complexity index is 478. The van der Waals surface area contributed by atoms with Gasteiger partial charge in [-0.05, 0) is 25.5 Å². The number of carbonyl (C=O) groups is 2. The Morgan fingerprint density at radius 1 is 1.19 bits per heavy atom. The molecule has 0 fully saturated rings. The number of halogens is 1. The van der Waals surface area contributed by atoms with Crippen LogP contribution in [0.15, 0.2) is 24.3 Å². The summed E-state index contributed by atoms with van der Waals surface area (Å²) < 4.78 is 9.95. The van der Waals surface area contributed by atoms with Gasteiger partial charge in [-0.2, -0.15) is 0 Å². The summed E-state index contributed by atoms with van der Waals surface area (Å²) in [5, 5.41) is -0.0211. The Balaban J connectivity index is 2.72. The highest BCUT2D eigenvalue weighted by molar-refractivity contribution is 8.00. The first-order valence-corrected chi connectivity index (χ1v) is 8.21. The van der Waals surface area contributed by atoms with Crippen molar-refractivity contribution in [1.29, 1.82) is 0 Å². The van der Waals surface area contributed by atoms with Crippen molar-refractivity contribution in [2.75, 3.05) is 19.0 Å². The fourth-order valence-corrected chi connectivity index (χ4v) is 3.10. The third kappa shape index (κ3) is 5.98. The number of thioether (sulfide) groups is 1. The van der Waals surface area contributed by atoms with Crippen LogP contribution in [0.25, 0.3) is 0 Å². The number of hydrogen-bond acceptors (Lipinski definition) is 5. The molecular formula is C15H19ClO4S. The Labute approximate surface area is 134 Å². The van der Waals surface area contributed by atoms with Crippen molar-refractivity contribution in [3.8, 4) is 0 Å². The molecule has 21 heavy (non-hydrogen) atoms. The minimum atomic E-state index is -0.534. The zero-order valence-electron chi connectivity index (χ0n) is 12.1. The highest BCUT2D eigenvalue weighted by Gasteiger charge is 2.24. The molecule has 1 rings (SSSR count). The molecule has 0 aliphatic heterocycles. The molecular weight excluding hydrogens is 312 g/mol. The van der Waals surface area contributed by atoms with E-state index in [0.717, 1.165) is 0 Å². The summed E-state index contributed by atoms with van der Waals surface area (Å²) in [4.78, 5) is 23.4. The Kier molecular flexibility index (Phi) is 8.23. The molecule has 1 aromatic carbocycles. The van der Waals surface area contributed by atoms with E-state index < -0.39 is 5.25 Å². The Morgan fingerprint density at radius 3 is 2.48 bits per heavy atom. The highest BCUT2D eigenvalue weighted by atomic mass is 35.5. The number of ether oxygens (including phenoxy) is 2. The number of hydrogen-bond donors (Lipinski definition) is 0. The SMILES string of the molecule is CCOC(=O)CCS[C@@H](C(=O)OCC)c1ccccc1Cl. The summed E-state index contributed by atoms with van der Waals surface area (Å²) in [5.41, 5.74) is 0.700. The lowest BCUT2D eigenvalue weighted by Gasteiger charge is -2.16. The second-order valence-electron chi connectivity index (χ2n) is 4.08. The second-order valence-corrected chi connectivity index (χ2v) is 5.70. The maximum absolute atomic E-state index is 12.1. The summed E-state index contributed by atoms with van der Waals surface area (Å²) in [7, 11) is 0. The summed E-state index contributed by atoms with van der Waals surface area (Å²) in [6.07, 6.45) is 0.249. The van der Waals surface area contributed by atoms with Crippen molar-refractivity contribution in [2.24, 2.45) is 0 Å². The van der Waals surface area contributed by atoms with Crippen LogP contribution in [0.1, 0.15) is 31.1 Å². The fourth-order valence-electron chi connectivity index (χ4n) is 1.68. The molecule has 0 bridgehead atoms. The predicted octanol–water partition coefficient (Wildman–Crippen LogP) is 3.63. The van der Waals surface area contributed by atoms with Crippen LogP contribution in [-0.2, 0) is 19.1 Å². The van der Waals surface area contributed by atoms with Gasteiger partial charge in [-0.25, -0.2) is 0 Å². The van der Waals surface area contributed by atoms with Gasteiger partial charge in [0.05, 0.1) is 19.6 Å². The molecule has 0 saturated carbocycles. The van der Waals surface area contributed by atoms with Gasteiger partial charge < -0.3 is 9.47 Å². The highest BCUT2D eigenvalue weighted by Crippen LogP contribution is 2.35. The van der Waals surface area contributed by atoms with Gasteiger partial charge in [-0.3, -0.25) is 9.59 Å². The minimum Gasteiger partial charge on any atom is -0.466 e. The second kappa shape index (κ2) is 9.68. The summed E-state index contributed by atoms with van der Waals surface area (Å²) in [5.74, 6) is -0.153. The molecule has 0 unspecified atom stereocenters. The summed E-state index contributed by atoms with van der Waals surface area (Å²) >= 11 is 7.47. The van der Waals surface area contributed by atoms with Crippen LogP contribution in [-0.4, -0.2) is 30.9 Å². The number of esters is 2. The molecule has 116 valence electrons. The van der Waals surface area contributed by atoms with Gasteiger partial charge in [0.25, 0.3) is 0 Å². The molecule has 0 aromatic heterocycles. The molecule has 0 spiro atoms. The molecule has 6 heteroatoms. The van der Waals surface area contributed by atoms with Crippen LogP contribution in [0.5, 0.6) is 0 Å². The first kappa shape index (κ1) is 17.9. The third-order valence-electron chi connectivity index (χ3n) is 2.58. The first-order chi connectivity index (χ1) is 10.1. The smallest absolute Gasteiger partial charge is 0.323 e. The molecule has 0 radical (unpaired) electrons. The number of benzene rings is 1. The molecule has 0 heterocycles. The monoisotopic (exact) mass is 330 g/mol. The van der Waals surface area contributed by atoms with Gasteiger partial charge in [0.15, 0.2) is 0 Å². The first-order valence-electron chi connectivity index (χ1n) is 6.78. The number of rotatable bonds is 8. The molecule has 4 nitrogen and oxygen atoms in total.